The molecule has 0 aliphatic heterocycles. The molecule has 2 rings (SSSR count). The number of anilines is 1. The fourth-order valence-electron chi connectivity index (χ4n) is 2.24. The molecule has 0 aliphatic rings. The van der Waals surface area contributed by atoms with Gasteiger partial charge < -0.3 is 14.8 Å². The quantitative estimate of drug-likeness (QED) is 0.772. The molecule has 0 radical (unpaired) electrons. The van der Waals surface area contributed by atoms with Crippen LogP contribution in [0.2, 0.25) is 0 Å². The van der Waals surface area contributed by atoms with Crippen molar-refractivity contribution in [3.63, 3.8) is 0 Å². The van der Waals surface area contributed by atoms with Crippen LogP contribution in [0.4, 0.5) is 5.69 Å². The molecule has 2 aromatic carbocycles. The van der Waals surface area contributed by atoms with E-state index in [1.165, 1.54) is 32.4 Å². The maximum absolute atomic E-state index is 12.6. The maximum atomic E-state index is 12.6. The molecule has 8 heteroatoms. The zero-order valence-electron chi connectivity index (χ0n) is 15.1. The summed E-state index contributed by atoms with van der Waals surface area (Å²) in [5.41, 5.74) is 0.536. The lowest BCUT2D eigenvalue weighted by atomic mass is 10.2. The second-order valence-corrected chi connectivity index (χ2v) is 7.51. The van der Waals surface area contributed by atoms with E-state index in [-0.39, 0.29) is 16.5 Å². The Hall–Kier alpha value is -2.74. The average Bonchev–Trinajstić information content (AvgIpc) is 2.60. The molecule has 0 spiro atoms. The summed E-state index contributed by atoms with van der Waals surface area (Å²) in [5.74, 6) is 0.509. The first kappa shape index (κ1) is 19.6. The molecular weight excluding hydrogens is 356 g/mol. The van der Waals surface area contributed by atoms with Gasteiger partial charge in [-0.3, -0.25) is 9.52 Å². The standard InChI is InChI=1S/C18H22N2O5S/c1-12(2)19-18(21)16-11-15(9-10-17(16)25-4)26(22,23)20-13-5-7-14(24-3)8-6-13/h5-12,20H,1-4H3,(H,19,21). The van der Waals surface area contributed by atoms with Crippen LogP contribution < -0.4 is 19.5 Å². The van der Waals surface area contributed by atoms with Crippen molar-refractivity contribution in [3.05, 3.63) is 48.0 Å². The SMILES string of the molecule is COc1ccc(NS(=O)(=O)c2ccc(OC)c(C(=O)NC(C)C)c2)cc1. The Balaban J connectivity index is 2.34. The van der Waals surface area contributed by atoms with Gasteiger partial charge in [0.1, 0.15) is 11.5 Å². The number of carbonyl (C=O) groups excluding carboxylic acids is 1. The number of sulfonamides is 1. The van der Waals surface area contributed by atoms with E-state index in [0.717, 1.165) is 0 Å². The molecule has 0 unspecified atom stereocenters. The van der Waals surface area contributed by atoms with Crippen molar-refractivity contribution in [2.24, 2.45) is 0 Å². The lowest BCUT2D eigenvalue weighted by Gasteiger charge is -2.14. The van der Waals surface area contributed by atoms with Gasteiger partial charge in [0.15, 0.2) is 0 Å². The van der Waals surface area contributed by atoms with Crippen molar-refractivity contribution in [2.75, 3.05) is 18.9 Å². The van der Waals surface area contributed by atoms with Gasteiger partial charge >= 0.3 is 0 Å². The topological polar surface area (TPSA) is 93.7 Å². The van der Waals surface area contributed by atoms with E-state index < -0.39 is 15.9 Å². The van der Waals surface area contributed by atoms with E-state index in [9.17, 15) is 13.2 Å². The molecule has 2 aromatic rings. The summed E-state index contributed by atoms with van der Waals surface area (Å²) < 4.78 is 38.0. The Labute approximate surface area is 153 Å². The summed E-state index contributed by atoms with van der Waals surface area (Å²) >= 11 is 0. The van der Waals surface area contributed by atoms with Crippen LogP contribution in [0.25, 0.3) is 0 Å². The Bertz CT molecular complexity index is 877. The molecule has 2 N–H and O–H groups in total. The summed E-state index contributed by atoms with van der Waals surface area (Å²) in [6.07, 6.45) is 0. The van der Waals surface area contributed by atoms with Gasteiger partial charge in [-0.2, -0.15) is 0 Å². The predicted molar refractivity (Wildman–Crippen MR) is 99.4 cm³/mol. The number of nitrogens with one attached hydrogen (secondary N) is 2. The van der Waals surface area contributed by atoms with Crippen LogP contribution in [0.15, 0.2) is 47.4 Å². The summed E-state index contributed by atoms with van der Waals surface area (Å²) in [4.78, 5) is 12.3. The van der Waals surface area contributed by atoms with E-state index >= 15 is 0 Å². The van der Waals surface area contributed by atoms with E-state index in [1.807, 2.05) is 13.8 Å². The van der Waals surface area contributed by atoms with Gasteiger partial charge in [-0.15, -0.1) is 0 Å². The van der Waals surface area contributed by atoms with Gasteiger partial charge in [0.2, 0.25) is 0 Å². The first-order valence-corrected chi connectivity index (χ1v) is 9.41. The Morgan fingerprint density at radius 1 is 1.00 bits per heavy atom. The third kappa shape index (κ3) is 4.66. The van der Waals surface area contributed by atoms with Gasteiger partial charge in [-0.05, 0) is 56.3 Å². The molecule has 0 aromatic heterocycles. The summed E-state index contributed by atoms with van der Waals surface area (Å²) in [6, 6.07) is 10.5. The molecule has 0 atom stereocenters. The number of carbonyl (C=O) groups is 1. The molecule has 26 heavy (non-hydrogen) atoms. The van der Waals surface area contributed by atoms with Gasteiger partial charge in [0.05, 0.1) is 24.7 Å². The number of amides is 1. The van der Waals surface area contributed by atoms with Crippen LogP contribution in [-0.4, -0.2) is 34.6 Å². The minimum Gasteiger partial charge on any atom is -0.497 e. The third-order valence-corrected chi connectivity index (χ3v) is 4.87. The molecule has 0 saturated heterocycles. The molecule has 7 nitrogen and oxygen atoms in total. The first-order valence-electron chi connectivity index (χ1n) is 7.92. The number of rotatable bonds is 7. The molecule has 0 aliphatic carbocycles. The molecule has 0 bridgehead atoms. The lowest BCUT2D eigenvalue weighted by molar-refractivity contribution is 0.0940. The highest BCUT2D eigenvalue weighted by molar-refractivity contribution is 7.92. The molecule has 0 fully saturated rings. The van der Waals surface area contributed by atoms with Crippen LogP contribution in [0.5, 0.6) is 11.5 Å². The maximum Gasteiger partial charge on any atom is 0.261 e. The van der Waals surface area contributed by atoms with Gasteiger partial charge in [-0.1, -0.05) is 0 Å². The monoisotopic (exact) mass is 378 g/mol. The van der Waals surface area contributed by atoms with Crippen LogP contribution in [-0.2, 0) is 10.0 Å². The van der Waals surface area contributed by atoms with Crippen molar-refractivity contribution >= 4 is 21.6 Å². The van der Waals surface area contributed by atoms with E-state index in [0.29, 0.717) is 17.2 Å². The predicted octanol–water partition coefficient (Wildman–Crippen LogP) is 2.64. The molecule has 0 heterocycles. The van der Waals surface area contributed by atoms with Crippen molar-refractivity contribution < 1.29 is 22.7 Å². The number of hydrogen-bond acceptors (Lipinski definition) is 5. The van der Waals surface area contributed by atoms with E-state index in [1.54, 1.807) is 24.3 Å². The summed E-state index contributed by atoms with van der Waals surface area (Å²) in [6.45, 7) is 3.63. The van der Waals surface area contributed by atoms with E-state index in [2.05, 4.69) is 10.0 Å². The molecule has 1 amide bonds. The molecular formula is C18H22N2O5S. The van der Waals surface area contributed by atoms with Crippen molar-refractivity contribution in [1.82, 2.24) is 5.32 Å². The number of benzene rings is 2. The van der Waals surface area contributed by atoms with Gasteiger partial charge in [0.25, 0.3) is 15.9 Å². The Morgan fingerprint density at radius 2 is 1.65 bits per heavy atom. The fourth-order valence-corrected chi connectivity index (χ4v) is 3.33. The normalized spacial score (nSPS) is 11.1. The number of methoxy groups -OCH3 is 2. The zero-order chi connectivity index (χ0) is 19.3. The average molecular weight is 378 g/mol. The van der Waals surface area contributed by atoms with Crippen molar-refractivity contribution in [3.8, 4) is 11.5 Å². The smallest absolute Gasteiger partial charge is 0.261 e. The number of ether oxygens (including phenoxy) is 2. The van der Waals surface area contributed by atoms with Gasteiger partial charge in [0, 0.05) is 11.7 Å². The molecule has 140 valence electrons. The summed E-state index contributed by atoms with van der Waals surface area (Å²) in [7, 11) is -0.919. The van der Waals surface area contributed by atoms with Crippen molar-refractivity contribution in [1.29, 1.82) is 0 Å². The first-order chi connectivity index (χ1) is 12.3. The largest absolute Gasteiger partial charge is 0.497 e. The second kappa shape index (κ2) is 8.09. The van der Waals surface area contributed by atoms with Gasteiger partial charge in [-0.25, -0.2) is 8.42 Å². The fraction of sp³-hybridized carbons (Fsp3) is 0.278. The van der Waals surface area contributed by atoms with Crippen molar-refractivity contribution in [2.45, 2.75) is 24.8 Å². The minimum absolute atomic E-state index is 0.0389. The highest BCUT2D eigenvalue weighted by Crippen LogP contribution is 2.25. The Morgan fingerprint density at radius 3 is 2.19 bits per heavy atom. The summed E-state index contributed by atoms with van der Waals surface area (Å²) in [5, 5.41) is 2.73. The third-order valence-electron chi connectivity index (χ3n) is 3.49. The minimum atomic E-state index is -3.87. The molecule has 0 saturated carbocycles. The van der Waals surface area contributed by atoms with Crippen LogP contribution in [0.3, 0.4) is 0 Å². The zero-order valence-corrected chi connectivity index (χ0v) is 15.9. The van der Waals surface area contributed by atoms with Crippen LogP contribution in [0.1, 0.15) is 24.2 Å². The highest BCUT2D eigenvalue weighted by atomic mass is 32.2. The second-order valence-electron chi connectivity index (χ2n) is 5.82. The Kier molecular flexibility index (Phi) is 6.10. The highest BCUT2D eigenvalue weighted by Gasteiger charge is 2.20. The number of hydrogen-bond donors (Lipinski definition) is 2. The van der Waals surface area contributed by atoms with E-state index in [4.69, 9.17) is 9.47 Å². The lowest BCUT2D eigenvalue weighted by Crippen LogP contribution is -2.30. The van der Waals surface area contributed by atoms with Crippen LogP contribution >= 0.6 is 0 Å². The van der Waals surface area contributed by atoms with Crippen LogP contribution in [0, 0.1) is 0 Å².